The SMILES string of the molecule is Cc1cccc(C(=O)Nc2ccc(Cl)c([N+](=O)[O-])c2)c1[N+](=O)[O-]. The Labute approximate surface area is 135 Å². The fourth-order valence-electron chi connectivity index (χ4n) is 2.01. The fraction of sp³-hybridized carbons (Fsp3) is 0.0714. The van der Waals surface area contributed by atoms with Crippen molar-refractivity contribution in [2.45, 2.75) is 6.92 Å². The monoisotopic (exact) mass is 335 g/mol. The Kier molecular flexibility index (Phi) is 4.56. The van der Waals surface area contributed by atoms with E-state index in [0.29, 0.717) is 5.56 Å². The number of halogens is 1. The number of benzene rings is 2. The zero-order valence-corrected chi connectivity index (χ0v) is 12.5. The Morgan fingerprint density at radius 3 is 2.43 bits per heavy atom. The van der Waals surface area contributed by atoms with Crippen LogP contribution in [0.5, 0.6) is 0 Å². The van der Waals surface area contributed by atoms with Crippen LogP contribution in [-0.4, -0.2) is 15.8 Å². The molecule has 118 valence electrons. The van der Waals surface area contributed by atoms with Gasteiger partial charge in [0.1, 0.15) is 10.6 Å². The summed E-state index contributed by atoms with van der Waals surface area (Å²) in [5, 5.41) is 24.3. The summed E-state index contributed by atoms with van der Waals surface area (Å²) in [7, 11) is 0. The van der Waals surface area contributed by atoms with Crippen molar-refractivity contribution in [3.05, 3.63) is 72.8 Å². The molecule has 0 fully saturated rings. The van der Waals surface area contributed by atoms with Crippen molar-refractivity contribution in [2.75, 3.05) is 5.32 Å². The highest BCUT2D eigenvalue weighted by Crippen LogP contribution is 2.29. The summed E-state index contributed by atoms with van der Waals surface area (Å²) < 4.78 is 0. The van der Waals surface area contributed by atoms with Gasteiger partial charge in [0.2, 0.25) is 0 Å². The quantitative estimate of drug-likeness (QED) is 0.675. The number of carbonyl (C=O) groups excluding carboxylic acids is 1. The van der Waals surface area contributed by atoms with Gasteiger partial charge in [-0.15, -0.1) is 0 Å². The van der Waals surface area contributed by atoms with Crippen LogP contribution in [0, 0.1) is 27.2 Å². The van der Waals surface area contributed by atoms with Crippen molar-refractivity contribution in [2.24, 2.45) is 0 Å². The number of anilines is 1. The van der Waals surface area contributed by atoms with Gasteiger partial charge in [-0.3, -0.25) is 25.0 Å². The predicted octanol–water partition coefficient (Wildman–Crippen LogP) is 3.72. The molecule has 0 aliphatic heterocycles. The molecule has 0 bridgehead atoms. The summed E-state index contributed by atoms with van der Waals surface area (Å²) in [6.45, 7) is 1.52. The zero-order chi connectivity index (χ0) is 17.1. The molecule has 1 amide bonds. The number of nitro benzene ring substituents is 2. The van der Waals surface area contributed by atoms with E-state index in [-0.39, 0.29) is 27.6 Å². The Morgan fingerprint density at radius 1 is 1.13 bits per heavy atom. The highest BCUT2D eigenvalue weighted by atomic mass is 35.5. The summed E-state index contributed by atoms with van der Waals surface area (Å²) in [6.07, 6.45) is 0. The number of nitrogens with one attached hydrogen (secondary N) is 1. The summed E-state index contributed by atoms with van der Waals surface area (Å²) in [5.41, 5.74) is -0.365. The topological polar surface area (TPSA) is 115 Å². The average Bonchev–Trinajstić information content (AvgIpc) is 2.48. The van der Waals surface area contributed by atoms with Crippen molar-refractivity contribution in [1.29, 1.82) is 0 Å². The van der Waals surface area contributed by atoms with Crippen LogP contribution in [0.3, 0.4) is 0 Å². The maximum atomic E-state index is 12.2. The highest BCUT2D eigenvalue weighted by Gasteiger charge is 2.23. The van der Waals surface area contributed by atoms with E-state index in [0.717, 1.165) is 6.07 Å². The van der Waals surface area contributed by atoms with Gasteiger partial charge in [0.25, 0.3) is 17.3 Å². The number of aryl methyl sites for hydroxylation is 1. The van der Waals surface area contributed by atoms with Gasteiger partial charge in [0.05, 0.1) is 9.85 Å². The van der Waals surface area contributed by atoms with Gasteiger partial charge < -0.3 is 5.32 Å². The van der Waals surface area contributed by atoms with Crippen LogP contribution in [0.15, 0.2) is 36.4 Å². The number of rotatable bonds is 4. The molecular weight excluding hydrogens is 326 g/mol. The lowest BCUT2D eigenvalue weighted by atomic mass is 10.1. The standard InChI is InChI=1S/C14H10ClN3O5/c1-8-3-2-4-10(13(8)18(22)23)14(19)16-9-5-6-11(15)12(7-9)17(20)21/h2-7H,1H3,(H,16,19). The van der Waals surface area contributed by atoms with Crippen molar-refractivity contribution < 1.29 is 14.6 Å². The molecule has 0 aliphatic carbocycles. The molecule has 9 heteroatoms. The van der Waals surface area contributed by atoms with Crippen LogP contribution < -0.4 is 5.32 Å². The Morgan fingerprint density at radius 2 is 1.83 bits per heavy atom. The van der Waals surface area contributed by atoms with Crippen molar-refractivity contribution in [3.8, 4) is 0 Å². The molecule has 2 rings (SSSR count). The smallest absolute Gasteiger partial charge is 0.289 e. The van der Waals surface area contributed by atoms with Gasteiger partial charge in [-0.25, -0.2) is 0 Å². The minimum absolute atomic E-state index is 0.0745. The molecule has 0 radical (unpaired) electrons. The summed E-state index contributed by atoms with van der Waals surface area (Å²) in [4.78, 5) is 32.9. The molecule has 0 aliphatic rings. The number of nitrogens with zero attached hydrogens (tertiary/aromatic N) is 2. The molecule has 0 atom stereocenters. The van der Waals surface area contributed by atoms with E-state index in [1.54, 1.807) is 0 Å². The minimum atomic E-state index is -0.739. The van der Waals surface area contributed by atoms with Crippen LogP contribution in [-0.2, 0) is 0 Å². The average molecular weight is 336 g/mol. The van der Waals surface area contributed by atoms with Crippen LogP contribution in [0.4, 0.5) is 17.1 Å². The second kappa shape index (κ2) is 6.41. The summed E-state index contributed by atoms with van der Waals surface area (Å²) in [5.74, 6) is -0.739. The second-order valence-corrected chi connectivity index (χ2v) is 5.01. The van der Waals surface area contributed by atoms with Crippen LogP contribution in [0.1, 0.15) is 15.9 Å². The lowest BCUT2D eigenvalue weighted by Crippen LogP contribution is -2.14. The van der Waals surface area contributed by atoms with Crippen LogP contribution in [0.2, 0.25) is 5.02 Å². The van der Waals surface area contributed by atoms with Crippen molar-refractivity contribution in [1.82, 2.24) is 0 Å². The van der Waals surface area contributed by atoms with E-state index in [1.807, 2.05) is 0 Å². The summed E-state index contributed by atoms with van der Waals surface area (Å²) in [6, 6.07) is 8.06. The molecule has 0 spiro atoms. The first kappa shape index (κ1) is 16.4. The Balaban J connectivity index is 2.37. The van der Waals surface area contributed by atoms with Crippen molar-refractivity contribution in [3.63, 3.8) is 0 Å². The maximum absolute atomic E-state index is 12.2. The van der Waals surface area contributed by atoms with E-state index in [2.05, 4.69) is 5.32 Å². The number of nitro groups is 2. The van der Waals surface area contributed by atoms with E-state index >= 15 is 0 Å². The zero-order valence-electron chi connectivity index (χ0n) is 11.8. The molecular formula is C14H10ClN3O5. The minimum Gasteiger partial charge on any atom is -0.322 e. The molecule has 23 heavy (non-hydrogen) atoms. The lowest BCUT2D eigenvalue weighted by Gasteiger charge is -2.07. The molecule has 0 saturated carbocycles. The molecule has 0 unspecified atom stereocenters. The van der Waals surface area contributed by atoms with E-state index in [9.17, 15) is 25.0 Å². The molecule has 2 aromatic carbocycles. The normalized spacial score (nSPS) is 10.2. The lowest BCUT2D eigenvalue weighted by molar-refractivity contribution is -0.385. The largest absolute Gasteiger partial charge is 0.322 e. The van der Waals surface area contributed by atoms with Crippen LogP contribution >= 0.6 is 11.6 Å². The molecule has 0 saturated heterocycles. The van der Waals surface area contributed by atoms with Gasteiger partial charge >= 0.3 is 0 Å². The molecule has 0 aromatic heterocycles. The molecule has 1 N–H and O–H groups in total. The van der Waals surface area contributed by atoms with Gasteiger partial charge in [0.15, 0.2) is 0 Å². The Hall–Kier alpha value is -3.00. The number of para-hydroxylation sites is 1. The molecule has 2 aromatic rings. The third kappa shape index (κ3) is 3.43. The van der Waals surface area contributed by atoms with Gasteiger partial charge in [-0.1, -0.05) is 23.7 Å². The number of hydrogen-bond donors (Lipinski definition) is 1. The van der Waals surface area contributed by atoms with Crippen molar-refractivity contribution >= 4 is 34.6 Å². The van der Waals surface area contributed by atoms with Gasteiger partial charge in [-0.05, 0) is 25.1 Å². The number of carbonyl (C=O) groups is 1. The molecule has 8 nitrogen and oxygen atoms in total. The molecule has 0 heterocycles. The third-order valence-corrected chi connectivity index (χ3v) is 3.39. The van der Waals surface area contributed by atoms with Gasteiger partial charge in [-0.2, -0.15) is 0 Å². The van der Waals surface area contributed by atoms with Crippen LogP contribution in [0.25, 0.3) is 0 Å². The van der Waals surface area contributed by atoms with Gasteiger partial charge in [0, 0.05) is 17.3 Å². The number of amides is 1. The third-order valence-electron chi connectivity index (χ3n) is 3.07. The summed E-state index contributed by atoms with van der Waals surface area (Å²) >= 11 is 5.69. The van der Waals surface area contributed by atoms with E-state index in [1.165, 1.54) is 37.3 Å². The Bertz CT molecular complexity index is 822. The second-order valence-electron chi connectivity index (χ2n) is 4.61. The maximum Gasteiger partial charge on any atom is 0.289 e. The fourth-order valence-corrected chi connectivity index (χ4v) is 2.20. The van der Waals surface area contributed by atoms with E-state index in [4.69, 9.17) is 11.6 Å². The first-order chi connectivity index (χ1) is 10.8. The number of hydrogen-bond acceptors (Lipinski definition) is 5. The highest BCUT2D eigenvalue weighted by molar-refractivity contribution is 6.32. The first-order valence-electron chi connectivity index (χ1n) is 6.30. The predicted molar refractivity (Wildman–Crippen MR) is 83.9 cm³/mol. The van der Waals surface area contributed by atoms with E-state index < -0.39 is 15.8 Å². The first-order valence-corrected chi connectivity index (χ1v) is 6.68.